The summed E-state index contributed by atoms with van der Waals surface area (Å²) < 4.78 is 119. The average molecular weight is 1350 g/mol. The van der Waals surface area contributed by atoms with Crippen LogP contribution in [-0.4, -0.2) is 235 Å². The zero-order valence-electron chi connectivity index (χ0n) is 48.4. The van der Waals surface area contributed by atoms with Crippen molar-refractivity contribution in [3.05, 3.63) is 0 Å². The van der Waals surface area contributed by atoms with Crippen LogP contribution < -0.4 is 0 Å². The fourth-order valence-corrected chi connectivity index (χ4v) is 52.8. The highest BCUT2D eigenvalue weighted by Gasteiger charge is 2.47. The van der Waals surface area contributed by atoms with Crippen molar-refractivity contribution in [1.82, 2.24) is 0 Å². The van der Waals surface area contributed by atoms with E-state index in [0.29, 0.717) is 71.1 Å². The Balaban J connectivity index is 0.847. The largest absolute Gasteiger partial charge is 0.439 e. The van der Waals surface area contributed by atoms with Crippen LogP contribution in [0.3, 0.4) is 0 Å². The van der Waals surface area contributed by atoms with Crippen molar-refractivity contribution >= 4 is 139 Å². The molecule has 0 N–H and O–H groups in total. The normalized spacial score (nSPS) is 34.4. The second-order valence-electron chi connectivity index (χ2n) is 22.3. The fraction of sp³-hybridized carbons (Fsp3) is 1.00. The molecule has 0 aromatic heterocycles. The minimum atomic E-state index is -2.58. The van der Waals surface area contributed by atoms with Gasteiger partial charge in [-0.2, -0.15) is 0 Å². The SMILES string of the molecule is CC1C[SiH](C)O[Si](C)(CCCCOCC2CO2)O[Si](CC[Si]O[Si]O[Si]CC[Si]2OC(C)C[Si](C)(CC[Si]O[Si]O[Si]CC[Si]3OC(C)C[SiH](C)O[Si](C)(CCCCOCC4CO4)O3)O[Si](C)(CCCCOCC3CO3)O2)O1. The lowest BCUT2D eigenvalue weighted by atomic mass is 10.3. The Morgan fingerprint density at radius 1 is 0.474 bits per heavy atom. The number of unbranched alkanes of at least 4 members (excludes halogenated alkanes) is 3. The fourth-order valence-electron chi connectivity index (χ4n) is 9.76. The maximum absolute atomic E-state index is 7.38. The molecule has 0 aromatic rings. The molecular weight excluding hydrogens is 1250 g/mol. The van der Waals surface area contributed by atoms with Crippen molar-refractivity contribution in [1.29, 1.82) is 0 Å². The van der Waals surface area contributed by atoms with Crippen LogP contribution in [0.2, 0.25) is 124 Å². The van der Waals surface area contributed by atoms with Gasteiger partial charge in [-0.15, -0.1) is 0 Å². The Hall–Kier alpha value is 2.49. The van der Waals surface area contributed by atoms with Crippen LogP contribution in [0.4, 0.5) is 0 Å². The number of epoxide rings is 3. The standard InChI is InChI=1S/C44H93O19Si15/c1-39-36-70(4)58-76(7,26-13-10-16-45-30-42-33-48-42)60-72(51-39)23-19-64-54-68-55-66-21-25-74-53-41(3)38-75(6,63-78(9,62-74)28-15-12-18-47-32-44-35-50-44)29-22-67-57-69-56-65-20-24-73-52-40(2)37-71(5)59-77(8,61-73)27-14-11-17-46-31-43-34-49-43/h39-44,70-71H,10-38H2,1-9H3. The van der Waals surface area contributed by atoms with Gasteiger partial charge in [0, 0.05) is 38.1 Å². The minimum Gasteiger partial charge on any atom is -0.439 e. The Kier molecular flexibility index (Phi) is 33.9. The van der Waals surface area contributed by atoms with Crippen LogP contribution >= 0.6 is 0 Å². The number of rotatable bonds is 41. The van der Waals surface area contributed by atoms with Crippen LogP contribution in [0.5, 0.6) is 0 Å². The first kappa shape index (κ1) is 69.6. The van der Waals surface area contributed by atoms with E-state index in [-0.39, 0.29) is 44.4 Å². The zero-order chi connectivity index (χ0) is 55.5. The molecule has 6 aliphatic heterocycles. The Morgan fingerprint density at radius 3 is 1.23 bits per heavy atom. The lowest BCUT2D eigenvalue weighted by molar-refractivity contribution is 0.113. The molecule has 19 nitrogen and oxygen atoms in total. The monoisotopic (exact) mass is 1350 g/mol. The second kappa shape index (κ2) is 38.0. The van der Waals surface area contributed by atoms with Gasteiger partial charge in [0.15, 0.2) is 26.4 Å². The summed E-state index contributed by atoms with van der Waals surface area (Å²) in [6, 6.07) is 13.1. The molecule has 12 atom stereocenters. The van der Waals surface area contributed by atoms with Gasteiger partial charge < -0.3 is 82.9 Å². The molecule has 78 heavy (non-hydrogen) atoms. The number of hydrogen-bond donors (Lipinski definition) is 0. The predicted octanol–water partition coefficient (Wildman–Crippen LogP) is 6.18. The molecule has 6 rings (SSSR count). The van der Waals surface area contributed by atoms with Crippen molar-refractivity contribution < 1.29 is 82.9 Å². The molecule has 0 amide bonds. The van der Waals surface area contributed by atoms with Gasteiger partial charge in [-0.25, -0.2) is 0 Å². The van der Waals surface area contributed by atoms with E-state index >= 15 is 0 Å². The van der Waals surface area contributed by atoms with Gasteiger partial charge in [0.25, 0.3) is 0 Å². The molecule has 0 saturated carbocycles. The maximum atomic E-state index is 7.38. The molecule has 6 saturated heterocycles. The molecule has 0 bridgehead atoms. The summed E-state index contributed by atoms with van der Waals surface area (Å²) in [6.07, 6.45) is 7.43. The number of ether oxygens (including phenoxy) is 6. The molecule has 0 aromatic carbocycles. The average Bonchev–Trinajstić information content (AvgIpc) is 4.22. The first-order chi connectivity index (χ1) is 37.6. The zero-order valence-corrected chi connectivity index (χ0v) is 63.7. The van der Waals surface area contributed by atoms with E-state index in [0.717, 1.165) is 163 Å². The van der Waals surface area contributed by atoms with E-state index in [1.54, 1.807) is 0 Å². The lowest BCUT2D eigenvalue weighted by Gasteiger charge is -2.43. The summed E-state index contributed by atoms with van der Waals surface area (Å²) >= 11 is 0. The van der Waals surface area contributed by atoms with Gasteiger partial charge in [-0.3, -0.25) is 0 Å². The van der Waals surface area contributed by atoms with Crippen LogP contribution in [0.15, 0.2) is 0 Å². The van der Waals surface area contributed by atoms with E-state index in [4.69, 9.17) is 82.9 Å². The van der Waals surface area contributed by atoms with Crippen molar-refractivity contribution in [2.45, 2.75) is 220 Å². The van der Waals surface area contributed by atoms with E-state index in [1.165, 1.54) is 0 Å². The molecule has 12 unspecified atom stereocenters. The first-order valence-corrected chi connectivity index (χ1v) is 54.8. The summed E-state index contributed by atoms with van der Waals surface area (Å²) in [4.78, 5) is 0. The highest BCUT2D eigenvalue weighted by atomic mass is 28.5. The van der Waals surface area contributed by atoms with Gasteiger partial charge in [0.2, 0.25) is 39.1 Å². The van der Waals surface area contributed by atoms with Gasteiger partial charge >= 0.3 is 73.5 Å². The van der Waals surface area contributed by atoms with Crippen molar-refractivity contribution in [3.8, 4) is 0 Å². The summed E-state index contributed by atoms with van der Waals surface area (Å²) in [5.41, 5.74) is 0. The molecule has 6 heterocycles. The van der Waals surface area contributed by atoms with Crippen LogP contribution in [0.1, 0.15) is 59.3 Å². The Bertz CT molecular complexity index is 1610. The number of hydrogen-bond acceptors (Lipinski definition) is 19. The molecule has 0 aliphatic carbocycles. The third kappa shape index (κ3) is 31.4. The lowest BCUT2D eigenvalue weighted by Crippen LogP contribution is -2.57. The summed E-state index contributed by atoms with van der Waals surface area (Å²) in [5, 5.41) is 0. The van der Waals surface area contributed by atoms with Crippen molar-refractivity contribution in [2.75, 3.05) is 59.5 Å². The van der Waals surface area contributed by atoms with E-state index < -0.39 is 79.9 Å². The smallest absolute Gasteiger partial charge is 0.409 e. The summed E-state index contributed by atoms with van der Waals surface area (Å²) in [7, 11) is -15.2. The van der Waals surface area contributed by atoms with Crippen LogP contribution in [0, 0.1) is 0 Å². The summed E-state index contributed by atoms with van der Waals surface area (Å²) in [5.74, 6) is 0. The molecule has 6 aliphatic rings. The molecule has 443 valence electrons. The minimum absolute atomic E-state index is 0.0131. The highest BCUT2D eigenvalue weighted by Crippen LogP contribution is 2.35. The molecule has 6 fully saturated rings. The second-order valence-corrected chi connectivity index (χ2v) is 54.9. The van der Waals surface area contributed by atoms with E-state index in [2.05, 4.69) is 60.1 Å². The van der Waals surface area contributed by atoms with Crippen molar-refractivity contribution in [2.24, 2.45) is 0 Å². The van der Waals surface area contributed by atoms with Crippen LogP contribution in [0.25, 0.3) is 0 Å². The van der Waals surface area contributed by atoms with Crippen molar-refractivity contribution in [3.63, 3.8) is 0 Å². The van der Waals surface area contributed by atoms with E-state index in [9.17, 15) is 0 Å². The highest BCUT2D eigenvalue weighted by molar-refractivity contribution is 6.86. The molecule has 15 radical (unpaired) electrons. The first-order valence-electron chi connectivity index (χ1n) is 28.9. The Morgan fingerprint density at radius 2 is 0.833 bits per heavy atom. The predicted molar refractivity (Wildman–Crippen MR) is 323 cm³/mol. The maximum Gasteiger partial charge on any atom is 0.409 e. The molecule has 0 spiro atoms. The third-order valence-corrected chi connectivity index (χ3v) is 53.0. The molecule has 34 heteroatoms. The Labute approximate surface area is 497 Å². The van der Waals surface area contributed by atoms with Crippen LogP contribution in [-0.2, 0) is 82.9 Å². The third-order valence-electron chi connectivity index (χ3n) is 13.5. The topological polar surface area (TPSA) is 185 Å². The molecular formula is C44H93O19Si15. The summed E-state index contributed by atoms with van der Waals surface area (Å²) in [6.45, 7) is 27.1. The van der Waals surface area contributed by atoms with E-state index in [1.807, 2.05) is 0 Å². The van der Waals surface area contributed by atoms with Gasteiger partial charge in [-0.05, 0) is 183 Å². The quantitative estimate of drug-likeness (QED) is 0.0384. The van der Waals surface area contributed by atoms with Gasteiger partial charge in [-0.1, -0.05) is 0 Å². The van der Waals surface area contributed by atoms with Gasteiger partial charge in [0.1, 0.15) is 18.3 Å². The van der Waals surface area contributed by atoms with Gasteiger partial charge in [0.05, 0.1) is 39.6 Å².